The number of hydrogen-bond acceptors (Lipinski definition) is 1. The summed E-state index contributed by atoms with van der Waals surface area (Å²) >= 11 is 6.85. The second-order valence-corrected chi connectivity index (χ2v) is 7.97. The van der Waals surface area contributed by atoms with Gasteiger partial charge in [0.25, 0.3) is 0 Å². The van der Waals surface area contributed by atoms with Crippen molar-refractivity contribution in [1.29, 1.82) is 0 Å². The Morgan fingerprint density at radius 1 is 1.17 bits per heavy atom. The second kappa shape index (κ2) is 9.96. The third-order valence-corrected chi connectivity index (χ3v) is 3.60. The lowest BCUT2D eigenvalue weighted by molar-refractivity contribution is -0.117. The summed E-state index contributed by atoms with van der Waals surface area (Å²) in [5, 5.41) is 0. The third kappa shape index (κ3) is 10.1. The summed E-state index contributed by atoms with van der Waals surface area (Å²) in [5.74, 6) is 1.31. The Kier molecular flexibility index (Phi) is 10.0. The Labute approximate surface area is 128 Å². The van der Waals surface area contributed by atoms with Crippen molar-refractivity contribution in [3.05, 3.63) is 21.1 Å². The molecule has 3 heteroatoms. The van der Waals surface area contributed by atoms with Gasteiger partial charge >= 0.3 is 0 Å². The molecule has 0 heterocycles. The minimum Gasteiger partial charge on any atom is -0.300 e. The highest BCUT2D eigenvalue weighted by atomic mass is 79.9. The van der Waals surface area contributed by atoms with Crippen LogP contribution in [-0.2, 0) is 4.79 Å². The fraction of sp³-hybridized carbons (Fsp3) is 0.667. The first kappa shape index (κ1) is 18.1. The number of carbonyl (C=O) groups excluding carboxylic acids is 1. The molecule has 0 aromatic rings. The van der Waals surface area contributed by atoms with Crippen LogP contribution in [0, 0.1) is 11.8 Å². The van der Waals surface area contributed by atoms with E-state index in [1.165, 1.54) is 5.57 Å². The SMILES string of the molecule is CC(=O)CC[C@H](C=C(Br)Br)[C@@H](C)CCC=C(C)C. The second-order valence-electron chi connectivity index (χ2n) is 5.20. The molecule has 0 saturated carbocycles. The van der Waals surface area contributed by atoms with Crippen molar-refractivity contribution in [2.24, 2.45) is 11.8 Å². The summed E-state index contributed by atoms with van der Waals surface area (Å²) in [5.41, 5.74) is 1.37. The predicted molar refractivity (Wildman–Crippen MR) is 87.2 cm³/mol. The van der Waals surface area contributed by atoms with E-state index in [4.69, 9.17) is 0 Å². The molecule has 0 radical (unpaired) electrons. The fourth-order valence-corrected chi connectivity index (χ4v) is 2.59. The summed E-state index contributed by atoms with van der Waals surface area (Å²) in [6.45, 7) is 8.20. The first-order valence-electron chi connectivity index (χ1n) is 6.48. The smallest absolute Gasteiger partial charge is 0.129 e. The molecule has 0 rings (SSSR count). The molecule has 0 aromatic carbocycles. The Morgan fingerprint density at radius 3 is 2.22 bits per heavy atom. The number of carbonyl (C=O) groups is 1. The van der Waals surface area contributed by atoms with Crippen molar-refractivity contribution in [2.75, 3.05) is 0 Å². The highest BCUT2D eigenvalue weighted by molar-refractivity contribution is 9.28. The van der Waals surface area contributed by atoms with Crippen molar-refractivity contribution in [1.82, 2.24) is 0 Å². The Balaban J connectivity index is 4.40. The third-order valence-electron chi connectivity index (χ3n) is 3.08. The van der Waals surface area contributed by atoms with Gasteiger partial charge in [0.15, 0.2) is 0 Å². The molecule has 0 aliphatic rings. The number of allylic oxidation sites excluding steroid dienone is 3. The van der Waals surface area contributed by atoms with Gasteiger partial charge in [-0.1, -0.05) is 24.6 Å². The maximum atomic E-state index is 11.1. The van der Waals surface area contributed by atoms with E-state index < -0.39 is 0 Å². The average molecular weight is 380 g/mol. The van der Waals surface area contributed by atoms with E-state index >= 15 is 0 Å². The monoisotopic (exact) mass is 378 g/mol. The van der Waals surface area contributed by atoms with Gasteiger partial charge in [0.05, 0.1) is 3.39 Å². The molecule has 104 valence electrons. The molecule has 0 saturated heterocycles. The van der Waals surface area contributed by atoms with Crippen LogP contribution in [0.25, 0.3) is 0 Å². The molecule has 0 aromatic heterocycles. The molecule has 1 nitrogen and oxygen atoms in total. The summed E-state index contributed by atoms with van der Waals surface area (Å²) in [6.07, 6.45) is 8.35. The van der Waals surface area contributed by atoms with Crippen molar-refractivity contribution < 1.29 is 4.79 Å². The van der Waals surface area contributed by atoms with Crippen molar-refractivity contribution in [3.63, 3.8) is 0 Å². The van der Waals surface area contributed by atoms with Crippen molar-refractivity contribution in [3.8, 4) is 0 Å². The van der Waals surface area contributed by atoms with Crippen molar-refractivity contribution in [2.45, 2.75) is 53.4 Å². The van der Waals surface area contributed by atoms with Crippen LogP contribution >= 0.6 is 31.9 Å². The average Bonchev–Trinajstić information content (AvgIpc) is 2.22. The lowest BCUT2D eigenvalue weighted by Crippen LogP contribution is -2.11. The van der Waals surface area contributed by atoms with Crippen LogP contribution in [0.5, 0.6) is 0 Å². The Hall–Kier alpha value is 0.110. The van der Waals surface area contributed by atoms with Gasteiger partial charge in [0, 0.05) is 6.42 Å². The largest absolute Gasteiger partial charge is 0.300 e. The lowest BCUT2D eigenvalue weighted by atomic mass is 9.86. The maximum absolute atomic E-state index is 11.1. The minimum atomic E-state index is 0.274. The van der Waals surface area contributed by atoms with Gasteiger partial charge in [-0.15, -0.1) is 0 Å². The number of halogens is 2. The van der Waals surface area contributed by atoms with Crippen LogP contribution in [0.4, 0.5) is 0 Å². The minimum absolute atomic E-state index is 0.274. The van der Waals surface area contributed by atoms with Gasteiger partial charge < -0.3 is 4.79 Å². The summed E-state index contributed by atoms with van der Waals surface area (Å²) in [4.78, 5) is 11.1. The molecule has 0 aliphatic carbocycles. The predicted octanol–water partition coefficient (Wildman–Crippen LogP) is 5.99. The van der Waals surface area contributed by atoms with Crippen LogP contribution in [-0.4, -0.2) is 5.78 Å². The molecule has 0 spiro atoms. The zero-order chi connectivity index (χ0) is 14.1. The van der Waals surface area contributed by atoms with E-state index in [0.29, 0.717) is 18.3 Å². The van der Waals surface area contributed by atoms with E-state index in [2.05, 4.69) is 64.8 Å². The highest BCUT2D eigenvalue weighted by Gasteiger charge is 2.15. The zero-order valence-corrected chi connectivity index (χ0v) is 15.0. The maximum Gasteiger partial charge on any atom is 0.129 e. The van der Waals surface area contributed by atoms with Gasteiger partial charge in [-0.05, 0) is 83.7 Å². The normalized spacial score (nSPS) is 13.7. The Morgan fingerprint density at radius 2 is 1.78 bits per heavy atom. The highest BCUT2D eigenvalue weighted by Crippen LogP contribution is 2.28. The van der Waals surface area contributed by atoms with Gasteiger partial charge in [0.1, 0.15) is 5.78 Å². The van der Waals surface area contributed by atoms with Crippen LogP contribution in [0.3, 0.4) is 0 Å². The summed E-state index contributed by atoms with van der Waals surface area (Å²) in [7, 11) is 0. The topological polar surface area (TPSA) is 17.1 Å². The van der Waals surface area contributed by atoms with E-state index in [1.54, 1.807) is 6.92 Å². The quantitative estimate of drug-likeness (QED) is 0.473. The van der Waals surface area contributed by atoms with Gasteiger partial charge in [0.2, 0.25) is 0 Å². The number of ketones is 1. The summed E-state index contributed by atoms with van der Waals surface area (Å²) in [6, 6.07) is 0. The first-order valence-corrected chi connectivity index (χ1v) is 8.07. The molecular formula is C15H24Br2O. The molecule has 0 aliphatic heterocycles. The van der Waals surface area contributed by atoms with Gasteiger partial charge in [-0.2, -0.15) is 0 Å². The van der Waals surface area contributed by atoms with E-state index in [1.807, 2.05) is 0 Å². The molecular weight excluding hydrogens is 356 g/mol. The van der Waals surface area contributed by atoms with Crippen LogP contribution in [0.2, 0.25) is 0 Å². The number of Topliss-reactive ketones (excluding diaryl/α,β-unsaturated/α-hetero) is 1. The van der Waals surface area contributed by atoms with E-state index in [-0.39, 0.29) is 5.78 Å². The van der Waals surface area contributed by atoms with Gasteiger partial charge in [-0.3, -0.25) is 0 Å². The number of rotatable bonds is 8. The summed E-state index contributed by atoms with van der Waals surface area (Å²) < 4.78 is 0.984. The van der Waals surface area contributed by atoms with Crippen LogP contribution in [0.1, 0.15) is 53.4 Å². The Bertz CT molecular complexity index is 310. The van der Waals surface area contributed by atoms with Crippen molar-refractivity contribution >= 4 is 37.6 Å². The molecule has 0 fully saturated rings. The number of hydrogen-bond donors (Lipinski definition) is 0. The van der Waals surface area contributed by atoms with Crippen LogP contribution in [0.15, 0.2) is 21.1 Å². The lowest BCUT2D eigenvalue weighted by Gasteiger charge is -2.20. The van der Waals surface area contributed by atoms with Gasteiger partial charge in [-0.25, -0.2) is 0 Å². The molecule has 0 N–H and O–H groups in total. The molecule has 2 atom stereocenters. The van der Waals surface area contributed by atoms with E-state index in [9.17, 15) is 4.79 Å². The standard InChI is InChI=1S/C15H24Br2O/c1-11(2)6-5-7-12(3)14(10-15(16)17)9-8-13(4)18/h6,10,12,14H,5,7-9H2,1-4H3/t12-,14+/m0/s1. The zero-order valence-electron chi connectivity index (χ0n) is 11.8. The fourth-order valence-electron chi connectivity index (χ4n) is 1.91. The molecule has 0 unspecified atom stereocenters. The first-order chi connectivity index (χ1) is 8.32. The molecule has 0 bridgehead atoms. The molecule has 18 heavy (non-hydrogen) atoms. The molecule has 0 amide bonds. The van der Waals surface area contributed by atoms with E-state index in [0.717, 1.165) is 22.7 Å². The van der Waals surface area contributed by atoms with Crippen LogP contribution < -0.4 is 0 Å².